The molecule has 0 aliphatic carbocycles. The van der Waals surface area contributed by atoms with Gasteiger partial charge in [-0.05, 0) is 32.0 Å². The Kier molecular flexibility index (Phi) is 6.53. The summed E-state index contributed by atoms with van der Waals surface area (Å²) in [6.07, 6.45) is 0.379. The molecule has 1 atom stereocenters. The van der Waals surface area contributed by atoms with E-state index in [1.807, 2.05) is 38.1 Å². The molecule has 1 N–H and O–H groups in total. The molecule has 0 bridgehead atoms. The molecule has 3 heterocycles. The quantitative estimate of drug-likeness (QED) is 0.601. The average Bonchev–Trinajstić information content (AvgIpc) is 3.35. The second-order valence-corrected chi connectivity index (χ2v) is 7.82. The van der Waals surface area contributed by atoms with Crippen LogP contribution in [0.3, 0.4) is 0 Å². The molecule has 1 saturated heterocycles. The summed E-state index contributed by atoms with van der Waals surface area (Å²) in [5, 5.41) is 12.3. The fourth-order valence-electron chi connectivity index (χ4n) is 3.50. The van der Waals surface area contributed by atoms with Crippen molar-refractivity contribution >= 4 is 17.5 Å². The lowest BCUT2D eigenvalue weighted by molar-refractivity contribution is -0.140. The molecule has 3 aromatic rings. The third kappa shape index (κ3) is 5.23. The van der Waals surface area contributed by atoms with Gasteiger partial charge in [-0.2, -0.15) is 10.2 Å². The van der Waals surface area contributed by atoms with Gasteiger partial charge >= 0.3 is 0 Å². The molecule has 0 saturated carbocycles. The van der Waals surface area contributed by atoms with Gasteiger partial charge in [0.05, 0.1) is 30.5 Å². The number of aryl methyl sites for hydroxylation is 2. The van der Waals surface area contributed by atoms with Crippen LogP contribution in [0, 0.1) is 13.8 Å². The highest BCUT2D eigenvalue weighted by Crippen LogP contribution is 2.24. The molecule has 9 nitrogen and oxygen atoms in total. The first-order valence-electron chi connectivity index (χ1n) is 10.2. The van der Waals surface area contributed by atoms with Crippen molar-refractivity contribution in [2.24, 2.45) is 0 Å². The van der Waals surface area contributed by atoms with Crippen molar-refractivity contribution < 1.29 is 14.3 Å². The zero-order valence-electron chi connectivity index (χ0n) is 17.5. The lowest BCUT2D eigenvalue weighted by Gasteiger charge is -2.32. The molecule has 2 aromatic heterocycles. The third-order valence-electron chi connectivity index (χ3n) is 5.11. The number of halogens is 1. The van der Waals surface area contributed by atoms with Crippen LogP contribution in [0.5, 0.6) is 5.75 Å². The molecule has 31 heavy (non-hydrogen) atoms. The Labute approximate surface area is 185 Å². The van der Waals surface area contributed by atoms with E-state index < -0.39 is 0 Å². The number of benzene rings is 1. The van der Waals surface area contributed by atoms with Crippen molar-refractivity contribution in [1.29, 1.82) is 0 Å². The van der Waals surface area contributed by atoms with Crippen LogP contribution in [-0.4, -0.2) is 62.1 Å². The van der Waals surface area contributed by atoms with Crippen LogP contribution in [0.1, 0.15) is 29.1 Å². The Balaban J connectivity index is 1.31. The van der Waals surface area contributed by atoms with Gasteiger partial charge in [0.25, 0.3) is 0 Å². The molecule has 1 amide bonds. The van der Waals surface area contributed by atoms with Crippen molar-refractivity contribution in [3.8, 4) is 5.75 Å². The number of nitrogens with zero attached hydrogens (tertiary/aromatic N) is 5. The van der Waals surface area contributed by atoms with E-state index in [9.17, 15) is 4.79 Å². The van der Waals surface area contributed by atoms with Crippen LogP contribution >= 0.6 is 11.6 Å². The number of H-pyrrole nitrogens is 1. The molecule has 1 fully saturated rings. The normalized spacial score (nSPS) is 16.5. The van der Waals surface area contributed by atoms with E-state index >= 15 is 0 Å². The third-order valence-corrected chi connectivity index (χ3v) is 5.43. The number of nitrogens with one attached hydrogen (secondary N) is 1. The fraction of sp³-hybridized carbons (Fsp3) is 0.429. The van der Waals surface area contributed by atoms with E-state index in [0.717, 1.165) is 17.2 Å². The minimum atomic E-state index is -0.272. The van der Waals surface area contributed by atoms with E-state index in [2.05, 4.69) is 20.3 Å². The van der Waals surface area contributed by atoms with Crippen LogP contribution in [0.4, 0.5) is 0 Å². The van der Waals surface area contributed by atoms with Gasteiger partial charge < -0.3 is 14.4 Å². The predicted molar refractivity (Wildman–Crippen MR) is 114 cm³/mol. The van der Waals surface area contributed by atoms with Crippen LogP contribution in [0.15, 0.2) is 30.3 Å². The number of morpholine rings is 1. The van der Waals surface area contributed by atoms with Crippen molar-refractivity contribution in [3.05, 3.63) is 58.4 Å². The Morgan fingerprint density at radius 3 is 2.97 bits per heavy atom. The summed E-state index contributed by atoms with van der Waals surface area (Å²) in [7, 11) is 0. The molecule has 0 radical (unpaired) electrons. The Bertz CT molecular complexity index is 1050. The molecule has 0 unspecified atom stereocenters. The number of ether oxygens (including phenoxy) is 2. The van der Waals surface area contributed by atoms with Crippen LogP contribution in [0.2, 0.25) is 5.02 Å². The second-order valence-electron chi connectivity index (χ2n) is 7.41. The highest BCUT2D eigenvalue weighted by atomic mass is 35.5. The number of rotatable bonds is 7. The average molecular weight is 445 g/mol. The molecule has 0 spiro atoms. The lowest BCUT2D eigenvalue weighted by atomic mass is 10.2. The predicted octanol–water partition coefficient (Wildman–Crippen LogP) is 2.49. The molecule has 4 rings (SSSR count). The molecule has 1 aliphatic rings. The monoisotopic (exact) mass is 444 g/mol. The largest absolute Gasteiger partial charge is 0.492 e. The standard InChI is InChI=1S/C21H25ClN6O3/c1-14-23-15(2)28(26-14)13-21(29)27-8-10-31-20(12-27)18-11-16(24-25-18)7-9-30-19-6-4-3-5-17(19)22/h3-6,11,20H,7-10,12-13H2,1-2H3,(H,24,25)/t20-/m0/s1. The molecule has 1 aromatic carbocycles. The number of amides is 1. The Morgan fingerprint density at radius 1 is 1.35 bits per heavy atom. The first kappa shape index (κ1) is 21.3. The van der Waals surface area contributed by atoms with Gasteiger partial charge in [-0.1, -0.05) is 23.7 Å². The topological polar surface area (TPSA) is 98.2 Å². The van der Waals surface area contributed by atoms with Gasteiger partial charge in [0.15, 0.2) is 0 Å². The van der Waals surface area contributed by atoms with E-state index in [1.165, 1.54) is 0 Å². The summed E-state index contributed by atoms with van der Waals surface area (Å²) < 4.78 is 13.2. The maximum Gasteiger partial charge on any atom is 0.244 e. The zero-order valence-corrected chi connectivity index (χ0v) is 18.3. The highest BCUT2D eigenvalue weighted by Gasteiger charge is 2.27. The fourth-order valence-corrected chi connectivity index (χ4v) is 3.69. The maximum atomic E-state index is 12.7. The summed E-state index contributed by atoms with van der Waals surface area (Å²) in [6, 6.07) is 9.34. The molecular formula is C21H25ClN6O3. The summed E-state index contributed by atoms with van der Waals surface area (Å²) in [4.78, 5) is 18.8. The molecule has 1 aliphatic heterocycles. The smallest absolute Gasteiger partial charge is 0.244 e. The number of aromatic nitrogens is 5. The number of aromatic amines is 1. The molecule has 164 valence electrons. The van der Waals surface area contributed by atoms with Gasteiger partial charge in [-0.25, -0.2) is 9.67 Å². The summed E-state index contributed by atoms with van der Waals surface area (Å²) in [5.41, 5.74) is 1.71. The van der Waals surface area contributed by atoms with E-state index in [0.29, 0.717) is 49.3 Å². The Hall–Kier alpha value is -2.91. The van der Waals surface area contributed by atoms with Crippen LogP contribution in [-0.2, 0) is 22.5 Å². The van der Waals surface area contributed by atoms with Gasteiger partial charge in [-0.15, -0.1) is 0 Å². The number of para-hydroxylation sites is 1. The van der Waals surface area contributed by atoms with Gasteiger partial charge in [0.1, 0.15) is 30.0 Å². The van der Waals surface area contributed by atoms with Gasteiger partial charge in [0.2, 0.25) is 5.91 Å². The van der Waals surface area contributed by atoms with Crippen molar-refractivity contribution in [2.75, 3.05) is 26.3 Å². The number of hydrogen-bond acceptors (Lipinski definition) is 6. The Morgan fingerprint density at radius 2 is 2.19 bits per heavy atom. The summed E-state index contributed by atoms with van der Waals surface area (Å²) in [6.45, 7) is 5.76. The van der Waals surface area contributed by atoms with Crippen molar-refractivity contribution in [1.82, 2.24) is 29.9 Å². The minimum Gasteiger partial charge on any atom is -0.492 e. The molecular weight excluding hydrogens is 420 g/mol. The SMILES string of the molecule is Cc1nc(C)n(CC(=O)N2CCO[C@H](c3cc(CCOc4ccccc4Cl)[nH]n3)C2)n1. The number of carbonyl (C=O) groups is 1. The van der Waals surface area contributed by atoms with Crippen LogP contribution < -0.4 is 4.74 Å². The van der Waals surface area contributed by atoms with Crippen molar-refractivity contribution in [3.63, 3.8) is 0 Å². The van der Waals surface area contributed by atoms with Crippen molar-refractivity contribution in [2.45, 2.75) is 32.9 Å². The minimum absolute atomic E-state index is 0.00908. The lowest BCUT2D eigenvalue weighted by Crippen LogP contribution is -2.44. The molecule has 10 heteroatoms. The van der Waals surface area contributed by atoms with Gasteiger partial charge in [-0.3, -0.25) is 9.89 Å². The number of carbonyl (C=O) groups excluding carboxylic acids is 1. The second kappa shape index (κ2) is 9.49. The van der Waals surface area contributed by atoms with Crippen LogP contribution in [0.25, 0.3) is 0 Å². The summed E-state index contributed by atoms with van der Waals surface area (Å²) >= 11 is 6.11. The first-order valence-corrected chi connectivity index (χ1v) is 10.6. The maximum absolute atomic E-state index is 12.7. The van der Waals surface area contributed by atoms with E-state index in [4.69, 9.17) is 21.1 Å². The highest BCUT2D eigenvalue weighted by molar-refractivity contribution is 6.32. The number of hydrogen-bond donors (Lipinski definition) is 1. The van der Waals surface area contributed by atoms with E-state index in [1.54, 1.807) is 15.6 Å². The van der Waals surface area contributed by atoms with Gasteiger partial charge in [0, 0.05) is 18.7 Å². The first-order chi connectivity index (χ1) is 15.0. The summed E-state index contributed by atoms with van der Waals surface area (Å²) in [5.74, 6) is 2.04. The van der Waals surface area contributed by atoms with E-state index in [-0.39, 0.29) is 18.6 Å². The zero-order chi connectivity index (χ0) is 21.8.